The molecule has 1 aromatic heterocycles. The molecule has 0 saturated carbocycles. The van der Waals surface area contributed by atoms with E-state index in [2.05, 4.69) is 0 Å². The van der Waals surface area contributed by atoms with Gasteiger partial charge in [-0.3, -0.25) is 9.59 Å². The number of carbonyl (C=O) groups excluding carboxylic acids is 2. The van der Waals surface area contributed by atoms with Crippen molar-refractivity contribution in [3.8, 4) is 0 Å². The SMILES string of the molecule is [B]C([B])([B])N(C(=O)CN(C(=O)c1cc2cc(CC)ccc2o1)C(C)(C)C)C([B])([B])O. The summed E-state index contributed by atoms with van der Waals surface area (Å²) in [7, 11) is 27.4. The monoisotopic (exact) mass is 396 g/mol. The Morgan fingerprint density at radius 1 is 1.07 bits per heavy atom. The number of aliphatic hydroxyl groups is 1. The molecule has 30 heavy (non-hydrogen) atoms. The number of hydrogen-bond donors (Lipinski definition) is 1. The van der Waals surface area contributed by atoms with E-state index in [1.165, 1.54) is 4.90 Å². The van der Waals surface area contributed by atoms with Crippen molar-refractivity contribution in [2.75, 3.05) is 6.54 Å². The molecule has 0 atom stereocenters. The van der Waals surface area contributed by atoms with Gasteiger partial charge in [-0.1, -0.05) is 18.2 Å². The van der Waals surface area contributed by atoms with E-state index in [9.17, 15) is 14.7 Å². The molecule has 1 aromatic carbocycles. The average molecular weight is 395 g/mol. The third kappa shape index (κ3) is 5.37. The minimum atomic E-state index is -2.74. The van der Waals surface area contributed by atoms with Crippen LogP contribution in [0.2, 0.25) is 0 Å². The van der Waals surface area contributed by atoms with Crippen LogP contribution in [0.1, 0.15) is 43.8 Å². The topological polar surface area (TPSA) is 74.0 Å². The van der Waals surface area contributed by atoms with Crippen LogP contribution in [0.5, 0.6) is 0 Å². The third-order valence-electron chi connectivity index (χ3n) is 4.54. The fourth-order valence-electron chi connectivity index (χ4n) is 3.10. The lowest BCUT2D eigenvalue weighted by atomic mass is 9.46. The van der Waals surface area contributed by atoms with E-state index < -0.39 is 34.7 Å². The zero-order valence-electron chi connectivity index (χ0n) is 17.7. The highest BCUT2D eigenvalue weighted by molar-refractivity contribution is 6.60. The Kier molecular flexibility index (Phi) is 6.67. The van der Waals surface area contributed by atoms with Gasteiger partial charge in [0.05, 0.1) is 23.5 Å². The molecule has 11 heteroatoms. The second-order valence-electron chi connectivity index (χ2n) is 8.30. The number of carbonyl (C=O) groups is 2. The highest BCUT2D eigenvalue weighted by Gasteiger charge is 2.38. The maximum Gasteiger partial charge on any atom is 0.290 e. The Hall–Kier alpha value is -2.02. The molecule has 0 saturated heterocycles. The van der Waals surface area contributed by atoms with Crippen molar-refractivity contribution < 1.29 is 19.1 Å². The van der Waals surface area contributed by atoms with Crippen molar-refractivity contribution in [1.82, 2.24) is 9.80 Å². The molecule has 146 valence electrons. The van der Waals surface area contributed by atoms with Crippen molar-refractivity contribution in [1.29, 1.82) is 0 Å². The number of amides is 2. The number of fused-ring (bicyclic) bond motifs is 1. The first-order valence-electron chi connectivity index (χ1n) is 9.40. The highest BCUT2D eigenvalue weighted by atomic mass is 16.3. The molecule has 2 rings (SSSR count). The van der Waals surface area contributed by atoms with Crippen LogP contribution >= 0.6 is 0 Å². The van der Waals surface area contributed by atoms with Crippen LogP contribution in [0.3, 0.4) is 0 Å². The van der Waals surface area contributed by atoms with E-state index in [-0.39, 0.29) is 5.76 Å². The molecule has 0 fully saturated rings. The highest BCUT2D eigenvalue weighted by Crippen LogP contribution is 2.25. The molecule has 0 bridgehead atoms. The largest absolute Gasteiger partial charge is 0.451 e. The van der Waals surface area contributed by atoms with Crippen molar-refractivity contribution in [2.45, 2.75) is 50.4 Å². The summed E-state index contributed by atoms with van der Waals surface area (Å²) < 4.78 is 5.69. The second kappa shape index (κ2) is 8.25. The lowest BCUT2D eigenvalue weighted by Crippen LogP contribution is -2.67. The summed E-state index contributed by atoms with van der Waals surface area (Å²) in [5.41, 5.74) is -1.93. The molecule has 0 spiro atoms. The second-order valence-corrected chi connectivity index (χ2v) is 8.30. The minimum Gasteiger partial charge on any atom is -0.451 e. The first-order chi connectivity index (χ1) is 13.6. The van der Waals surface area contributed by atoms with Crippen molar-refractivity contribution >= 4 is 62.0 Å². The van der Waals surface area contributed by atoms with Crippen LogP contribution in [0.4, 0.5) is 0 Å². The zero-order chi connectivity index (χ0) is 23.1. The molecule has 0 aliphatic carbocycles. The molecule has 2 amide bonds. The quantitative estimate of drug-likeness (QED) is 0.557. The molecular formula is C19H21B5N2O4. The number of hydrogen-bond acceptors (Lipinski definition) is 4. The minimum absolute atomic E-state index is 0.0443. The lowest BCUT2D eigenvalue weighted by Gasteiger charge is -2.48. The van der Waals surface area contributed by atoms with Crippen LogP contribution < -0.4 is 0 Å². The van der Waals surface area contributed by atoms with Crippen molar-refractivity contribution in [3.63, 3.8) is 0 Å². The molecule has 2 aromatic rings. The predicted octanol–water partition coefficient (Wildman–Crippen LogP) is 0.122. The Bertz CT molecular complexity index is 927. The van der Waals surface area contributed by atoms with Gasteiger partial charge >= 0.3 is 0 Å². The number of furan rings is 1. The van der Waals surface area contributed by atoms with Crippen LogP contribution in [0.25, 0.3) is 11.0 Å². The van der Waals surface area contributed by atoms with Gasteiger partial charge in [0.15, 0.2) is 5.76 Å². The van der Waals surface area contributed by atoms with E-state index in [0.717, 1.165) is 17.4 Å². The summed E-state index contributed by atoms with van der Waals surface area (Å²) in [6.45, 7) is 6.62. The average Bonchev–Trinajstić information content (AvgIpc) is 2.98. The maximum atomic E-state index is 13.2. The van der Waals surface area contributed by atoms with Gasteiger partial charge in [-0.05, 0) is 51.0 Å². The van der Waals surface area contributed by atoms with E-state index in [1.54, 1.807) is 32.9 Å². The third-order valence-corrected chi connectivity index (χ3v) is 4.54. The van der Waals surface area contributed by atoms with Gasteiger partial charge < -0.3 is 19.3 Å². The normalized spacial score (nSPS) is 12.7. The van der Waals surface area contributed by atoms with Crippen LogP contribution in [0.15, 0.2) is 28.7 Å². The van der Waals surface area contributed by atoms with E-state index in [1.807, 2.05) is 19.1 Å². The van der Waals surface area contributed by atoms with E-state index >= 15 is 0 Å². The molecule has 1 heterocycles. The molecular weight excluding hydrogens is 374 g/mol. The van der Waals surface area contributed by atoms with Crippen LogP contribution in [-0.2, 0) is 11.2 Å². The Morgan fingerprint density at radius 3 is 2.13 bits per heavy atom. The Balaban J connectivity index is 2.40. The number of rotatable bonds is 6. The van der Waals surface area contributed by atoms with Gasteiger partial charge in [-0.15, -0.1) is 0 Å². The summed E-state index contributed by atoms with van der Waals surface area (Å²) >= 11 is 0. The zero-order valence-corrected chi connectivity index (χ0v) is 17.7. The number of nitrogens with zero attached hydrogens (tertiary/aromatic N) is 2. The number of benzene rings is 1. The standard InChI is InChI=1S/C19H21B5N2O4/c1-5-11-6-7-13-12(8-11)9-14(30-13)16(28)25(17(2,3)4)10-15(27)26(18(20,21)22)19(23,24)29/h6-9,29H,5,10H2,1-4H3. The van der Waals surface area contributed by atoms with Crippen molar-refractivity contribution in [2.24, 2.45) is 0 Å². The summed E-state index contributed by atoms with van der Waals surface area (Å²) in [4.78, 5) is 27.6. The van der Waals surface area contributed by atoms with Gasteiger partial charge in [-0.2, -0.15) is 0 Å². The molecule has 10 radical (unpaired) electrons. The van der Waals surface area contributed by atoms with Crippen molar-refractivity contribution in [3.05, 3.63) is 35.6 Å². The number of aryl methyl sites for hydroxylation is 1. The molecule has 6 nitrogen and oxygen atoms in total. The van der Waals surface area contributed by atoms with Gasteiger partial charge in [0.1, 0.15) is 27.8 Å². The Morgan fingerprint density at radius 2 is 1.67 bits per heavy atom. The van der Waals surface area contributed by atoms with E-state index in [0.29, 0.717) is 10.5 Å². The summed E-state index contributed by atoms with van der Waals surface area (Å²) in [6.07, 6.45) is 0.836. The van der Waals surface area contributed by atoms with Gasteiger partial charge in [-0.25, -0.2) is 0 Å². The first kappa shape index (κ1) is 24.3. The molecule has 0 aliphatic heterocycles. The fourth-order valence-corrected chi connectivity index (χ4v) is 3.10. The lowest BCUT2D eigenvalue weighted by molar-refractivity contribution is -0.141. The van der Waals surface area contributed by atoms with Crippen LogP contribution in [-0.4, -0.2) is 88.8 Å². The van der Waals surface area contributed by atoms with Crippen LogP contribution in [0, 0.1) is 0 Å². The summed E-state index contributed by atoms with van der Waals surface area (Å²) in [5, 5.41) is 8.30. The van der Waals surface area contributed by atoms with E-state index in [4.69, 9.17) is 43.6 Å². The molecule has 0 unspecified atom stereocenters. The first-order valence-corrected chi connectivity index (χ1v) is 9.40. The maximum absolute atomic E-state index is 13.2. The smallest absolute Gasteiger partial charge is 0.290 e. The van der Waals surface area contributed by atoms with Gasteiger partial charge in [0.25, 0.3) is 5.91 Å². The van der Waals surface area contributed by atoms with Gasteiger partial charge in [0, 0.05) is 16.4 Å². The summed E-state index contributed by atoms with van der Waals surface area (Å²) in [6, 6.07) is 7.24. The summed E-state index contributed by atoms with van der Waals surface area (Å²) in [5.74, 6) is -1.47. The van der Waals surface area contributed by atoms with Gasteiger partial charge in [0.2, 0.25) is 5.91 Å². The Labute approximate surface area is 183 Å². The molecule has 1 N–H and O–H groups in total. The molecule has 0 aliphatic rings. The predicted molar refractivity (Wildman–Crippen MR) is 120 cm³/mol. The fraction of sp³-hybridized carbons (Fsp3) is 0.474.